The monoisotopic (exact) mass is 628 g/mol. The first-order valence-electron chi connectivity index (χ1n) is 19.4. The van der Waals surface area contributed by atoms with E-state index >= 15 is 0 Å². The smallest absolute Gasteiger partial charge is 0.136 e. The highest BCUT2D eigenvalue weighted by molar-refractivity contribution is 6.21. The molecule has 0 bridgehead atoms. The van der Waals surface area contributed by atoms with Gasteiger partial charge in [-0.3, -0.25) is 0 Å². The molecule has 0 saturated carbocycles. The molecule has 0 unspecified atom stereocenters. The van der Waals surface area contributed by atoms with E-state index < -0.39 is 0 Å². The van der Waals surface area contributed by atoms with Crippen LogP contribution in [-0.2, 0) is 0 Å². The molecule has 0 aliphatic rings. The lowest BCUT2D eigenvalue weighted by atomic mass is 9.85. The molecule has 10 rings (SSSR count). The van der Waals surface area contributed by atoms with Crippen LogP contribution in [0, 0.1) is 0 Å². The van der Waals surface area contributed by atoms with E-state index in [4.69, 9.17) is 4.42 Å². The molecule has 1 aromatic heterocycles. The van der Waals surface area contributed by atoms with Crippen molar-refractivity contribution >= 4 is 54.3 Å². The Hall–Kier alpha value is -6.44. The molecule has 0 spiro atoms. The van der Waals surface area contributed by atoms with Gasteiger partial charge in [0.2, 0.25) is 0 Å². The zero-order valence-electron chi connectivity index (χ0n) is 32.3. The Bertz CT molecular complexity index is 3150. The van der Waals surface area contributed by atoms with Crippen LogP contribution in [0.1, 0.15) is 8.22 Å². The summed E-state index contributed by atoms with van der Waals surface area (Å²) in [5, 5.41) is 5.25. The minimum Gasteiger partial charge on any atom is -0.456 e. The quantitative estimate of drug-likeness (QED) is 0.177. The standard InChI is InChI=1S/C48H30O/c1-3-11-31(12-4-1)37-23-25-39-44-29-36(24-26-45(44)49-46(39)30-37)34-19-20-35-28-38(22-21-33(35)27-34)48-42-17-9-7-15-40(42)47(32-13-5-2-6-14-32)41-16-8-10-18-43(41)48/h1-30H/i19D,20D,21D,22D,27D,28D. The summed E-state index contributed by atoms with van der Waals surface area (Å²) in [4.78, 5) is 0. The summed E-state index contributed by atoms with van der Waals surface area (Å²) in [5.74, 6) is 0. The highest BCUT2D eigenvalue weighted by atomic mass is 16.3. The molecule has 0 radical (unpaired) electrons. The molecule has 0 aliphatic carbocycles. The van der Waals surface area contributed by atoms with Crippen LogP contribution in [0.2, 0.25) is 0 Å². The van der Waals surface area contributed by atoms with Crippen molar-refractivity contribution in [2.45, 2.75) is 0 Å². The lowest BCUT2D eigenvalue weighted by molar-refractivity contribution is 0.669. The van der Waals surface area contributed by atoms with Gasteiger partial charge in [-0.25, -0.2) is 0 Å². The molecule has 1 heterocycles. The van der Waals surface area contributed by atoms with Gasteiger partial charge in [0.15, 0.2) is 0 Å². The second-order valence-electron chi connectivity index (χ2n) is 12.3. The third-order valence-corrected chi connectivity index (χ3v) is 9.49. The summed E-state index contributed by atoms with van der Waals surface area (Å²) in [7, 11) is 0. The van der Waals surface area contributed by atoms with E-state index in [-0.39, 0.29) is 58.2 Å². The van der Waals surface area contributed by atoms with Gasteiger partial charge in [-0.1, -0.05) is 145 Å². The van der Waals surface area contributed by atoms with Crippen molar-refractivity contribution in [3.63, 3.8) is 0 Å². The number of rotatable bonds is 4. The topological polar surface area (TPSA) is 13.1 Å². The van der Waals surface area contributed by atoms with Crippen molar-refractivity contribution in [2.24, 2.45) is 0 Å². The fraction of sp³-hybridized carbons (Fsp3) is 0. The second-order valence-corrected chi connectivity index (χ2v) is 12.3. The van der Waals surface area contributed by atoms with Crippen LogP contribution >= 0.6 is 0 Å². The van der Waals surface area contributed by atoms with Crippen LogP contribution in [0.25, 0.3) is 98.8 Å². The Morgan fingerprint density at radius 2 is 0.837 bits per heavy atom. The molecular weight excluding hydrogens is 593 g/mol. The van der Waals surface area contributed by atoms with Gasteiger partial charge in [0, 0.05) is 10.8 Å². The summed E-state index contributed by atoms with van der Waals surface area (Å²) in [6.45, 7) is 0. The number of hydrogen-bond acceptors (Lipinski definition) is 1. The van der Waals surface area contributed by atoms with Gasteiger partial charge in [-0.2, -0.15) is 0 Å². The third kappa shape index (κ3) is 4.55. The van der Waals surface area contributed by atoms with E-state index in [1.165, 1.54) is 0 Å². The zero-order valence-corrected chi connectivity index (χ0v) is 26.3. The Kier molecular flexibility index (Phi) is 5.02. The molecule has 228 valence electrons. The van der Waals surface area contributed by atoms with Crippen molar-refractivity contribution < 1.29 is 12.6 Å². The van der Waals surface area contributed by atoms with E-state index in [0.717, 1.165) is 54.6 Å². The van der Waals surface area contributed by atoms with Crippen molar-refractivity contribution in [2.75, 3.05) is 0 Å². The van der Waals surface area contributed by atoms with Crippen LogP contribution in [0.4, 0.5) is 0 Å². The highest BCUT2D eigenvalue weighted by Gasteiger charge is 2.17. The van der Waals surface area contributed by atoms with Gasteiger partial charge in [0.05, 0.1) is 8.22 Å². The molecule has 0 fully saturated rings. The maximum absolute atomic E-state index is 9.65. The molecule has 0 aliphatic heterocycles. The van der Waals surface area contributed by atoms with Crippen molar-refractivity contribution in [3.8, 4) is 44.5 Å². The van der Waals surface area contributed by atoms with Crippen LogP contribution in [0.5, 0.6) is 0 Å². The summed E-state index contributed by atoms with van der Waals surface area (Å²) in [6.07, 6.45) is 0. The third-order valence-electron chi connectivity index (χ3n) is 9.49. The molecular formula is C48H30O. The number of hydrogen-bond donors (Lipinski definition) is 0. The van der Waals surface area contributed by atoms with Crippen LogP contribution in [0.15, 0.2) is 186 Å². The predicted octanol–water partition coefficient (Wildman–Crippen LogP) is 13.7. The van der Waals surface area contributed by atoms with Crippen molar-refractivity contribution in [1.82, 2.24) is 0 Å². The van der Waals surface area contributed by atoms with Gasteiger partial charge >= 0.3 is 0 Å². The molecule has 0 amide bonds. The van der Waals surface area contributed by atoms with E-state index in [2.05, 4.69) is 12.1 Å². The Labute approximate surface area is 292 Å². The Morgan fingerprint density at radius 1 is 0.327 bits per heavy atom. The molecule has 0 saturated heterocycles. The van der Waals surface area contributed by atoms with E-state index in [9.17, 15) is 8.22 Å². The molecule has 49 heavy (non-hydrogen) atoms. The minimum atomic E-state index is -0.250. The largest absolute Gasteiger partial charge is 0.456 e. The Balaban J connectivity index is 1.21. The summed E-state index contributed by atoms with van der Waals surface area (Å²) in [5.41, 5.74) is 7.08. The first-order chi connectivity index (χ1) is 26.8. The lowest BCUT2D eigenvalue weighted by Crippen LogP contribution is -1.90. The predicted molar refractivity (Wildman–Crippen MR) is 208 cm³/mol. The van der Waals surface area contributed by atoms with Crippen molar-refractivity contribution in [3.05, 3.63) is 182 Å². The highest BCUT2D eigenvalue weighted by Crippen LogP contribution is 2.44. The fourth-order valence-corrected chi connectivity index (χ4v) is 7.20. The van der Waals surface area contributed by atoms with E-state index in [0.29, 0.717) is 22.3 Å². The maximum Gasteiger partial charge on any atom is 0.136 e. The number of benzene rings is 9. The van der Waals surface area contributed by atoms with Gasteiger partial charge in [-0.05, 0) is 113 Å². The summed E-state index contributed by atoms with van der Waals surface area (Å²) in [6, 6.07) is 46.4. The van der Waals surface area contributed by atoms with Gasteiger partial charge in [0.25, 0.3) is 0 Å². The summed E-state index contributed by atoms with van der Waals surface area (Å²) < 4.78 is 62.8. The minimum absolute atomic E-state index is 0.0221. The van der Waals surface area contributed by atoms with Gasteiger partial charge in [-0.15, -0.1) is 0 Å². The van der Waals surface area contributed by atoms with Crippen LogP contribution in [-0.4, -0.2) is 0 Å². The second kappa shape index (κ2) is 11.1. The first-order valence-corrected chi connectivity index (χ1v) is 16.4. The average molecular weight is 629 g/mol. The van der Waals surface area contributed by atoms with Crippen LogP contribution < -0.4 is 0 Å². The Morgan fingerprint density at radius 3 is 1.49 bits per heavy atom. The number of fused-ring (bicyclic) bond motifs is 6. The van der Waals surface area contributed by atoms with Gasteiger partial charge < -0.3 is 4.42 Å². The lowest BCUT2D eigenvalue weighted by Gasteiger charge is -2.18. The number of furan rings is 1. The van der Waals surface area contributed by atoms with E-state index in [1.54, 1.807) is 6.07 Å². The molecule has 0 atom stereocenters. The molecule has 10 aromatic rings. The SMILES string of the molecule is [2H]c1c(-c2c3ccccc3c(-c3ccccc3)c3ccccc23)c([2H])c2c([2H])c([2H])c(-c3ccc4oc5cc(-c6ccccc6)ccc5c4c3)c([2H])c2c1[2H]. The normalized spacial score (nSPS) is 13.4. The molecule has 1 nitrogen and oxygen atoms in total. The summed E-state index contributed by atoms with van der Waals surface area (Å²) >= 11 is 0. The average Bonchev–Trinajstić information content (AvgIpc) is 3.59. The van der Waals surface area contributed by atoms with Crippen molar-refractivity contribution in [1.29, 1.82) is 0 Å². The zero-order chi connectivity index (χ0) is 37.5. The van der Waals surface area contributed by atoms with E-state index in [1.807, 2.05) is 127 Å². The molecule has 0 N–H and O–H groups in total. The maximum atomic E-state index is 9.65. The van der Waals surface area contributed by atoms with Crippen LogP contribution in [0.3, 0.4) is 0 Å². The first kappa shape index (κ1) is 22.2. The molecule has 9 aromatic carbocycles. The van der Waals surface area contributed by atoms with Gasteiger partial charge in [0.1, 0.15) is 11.2 Å². The molecule has 1 heteroatoms. The fourth-order valence-electron chi connectivity index (χ4n) is 7.20.